The molecular formula is C21H21F3N2O4S. The number of hydrogen-bond acceptors (Lipinski definition) is 5. The molecule has 2 heterocycles. The fourth-order valence-corrected chi connectivity index (χ4v) is 4.43. The molecule has 3 aliphatic rings. The minimum Gasteiger partial charge on any atom is -0.492 e. The molecule has 1 saturated carbocycles. The van der Waals surface area contributed by atoms with E-state index in [0.717, 1.165) is 4.73 Å². The van der Waals surface area contributed by atoms with E-state index in [0.29, 0.717) is 22.4 Å². The Kier molecular flexibility index (Phi) is 4.95. The molecule has 166 valence electrons. The van der Waals surface area contributed by atoms with Gasteiger partial charge in [-0.2, -0.15) is 17.9 Å². The van der Waals surface area contributed by atoms with Crippen molar-refractivity contribution in [1.29, 1.82) is 0 Å². The van der Waals surface area contributed by atoms with Gasteiger partial charge in [0.05, 0.1) is 16.3 Å². The molecule has 1 fully saturated rings. The topological polar surface area (TPSA) is 81.4 Å². The van der Waals surface area contributed by atoms with Crippen LogP contribution in [0.3, 0.4) is 0 Å². The minimum atomic E-state index is -4.37. The fraction of sp³-hybridized carbons (Fsp3) is 0.381. The minimum absolute atomic E-state index is 0.000104. The van der Waals surface area contributed by atoms with E-state index < -0.39 is 28.0 Å². The van der Waals surface area contributed by atoms with E-state index >= 15 is 0 Å². The van der Waals surface area contributed by atoms with Crippen molar-refractivity contribution in [1.82, 2.24) is 9.71 Å². The lowest BCUT2D eigenvalue weighted by Crippen LogP contribution is -2.30. The third kappa shape index (κ3) is 3.62. The Morgan fingerprint density at radius 1 is 1.16 bits per heavy atom. The molecule has 4 rings (SSSR count). The summed E-state index contributed by atoms with van der Waals surface area (Å²) in [5, 5.41) is 10.2. The number of hydrogen-bond donors (Lipinski definition) is 1. The van der Waals surface area contributed by atoms with Crippen LogP contribution in [0.15, 0.2) is 41.4 Å². The average molecular weight is 454 g/mol. The normalized spacial score (nSPS) is 15.9. The summed E-state index contributed by atoms with van der Waals surface area (Å²) in [6.45, 7) is 2.60. The van der Waals surface area contributed by atoms with Gasteiger partial charge in [0.25, 0.3) is 0 Å². The Labute approximate surface area is 177 Å². The Bertz CT molecular complexity index is 1210. The van der Waals surface area contributed by atoms with Gasteiger partial charge in [-0.1, -0.05) is 6.92 Å². The molecule has 0 atom stereocenters. The predicted octanol–water partition coefficient (Wildman–Crippen LogP) is 4.72. The maximum atomic E-state index is 13.4. The highest BCUT2D eigenvalue weighted by Gasteiger charge is 2.63. The van der Waals surface area contributed by atoms with E-state index in [2.05, 4.69) is 4.98 Å². The maximum Gasteiger partial charge on any atom is 0.397 e. The van der Waals surface area contributed by atoms with Crippen molar-refractivity contribution >= 4 is 9.84 Å². The van der Waals surface area contributed by atoms with Gasteiger partial charge in [0.2, 0.25) is 0 Å². The van der Waals surface area contributed by atoms with E-state index in [1.807, 2.05) is 0 Å². The number of nitrogens with zero attached hydrogens (tertiary/aromatic N) is 2. The number of ether oxygens (including phenoxy) is 1. The van der Waals surface area contributed by atoms with E-state index in [1.165, 1.54) is 31.3 Å². The van der Waals surface area contributed by atoms with Gasteiger partial charge in [-0.25, -0.2) is 13.4 Å². The number of benzene rings is 1. The Hall–Kier alpha value is -2.75. The molecule has 1 N–H and O–H groups in total. The lowest BCUT2D eigenvalue weighted by atomic mass is 9.98. The van der Waals surface area contributed by atoms with Crippen molar-refractivity contribution < 1.29 is 31.5 Å². The summed E-state index contributed by atoms with van der Waals surface area (Å²) in [5.41, 5.74) is -0.0913. The Balaban J connectivity index is 1.84. The van der Waals surface area contributed by atoms with Crippen LogP contribution < -0.4 is 4.74 Å². The fourth-order valence-electron chi connectivity index (χ4n) is 3.53. The van der Waals surface area contributed by atoms with Gasteiger partial charge in [0.15, 0.2) is 15.7 Å². The summed E-state index contributed by atoms with van der Waals surface area (Å²) in [7, 11) is -3.56. The Morgan fingerprint density at radius 2 is 1.87 bits per heavy atom. The summed E-state index contributed by atoms with van der Waals surface area (Å²) in [4.78, 5) is 4.16. The summed E-state index contributed by atoms with van der Waals surface area (Å²) < 4.78 is 71.5. The van der Waals surface area contributed by atoms with Crippen LogP contribution in [0.25, 0.3) is 22.5 Å². The SMILES string of the molecule is CCS(=O)(=O)c1ccc(OCC2(C(F)(F)F)CC2)c(-c2cc(C)n(O)c3nccc2-3)c1. The second-order valence-corrected chi connectivity index (χ2v) is 10.1. The lowest BCUT2D eigenvalue weighted by Gasteiger charge is -2.22. The molecule has 0 radical (unpaired) electrons. The number of pyridine rings is 1. The van der Waals surface area contributed by atoms with Crippen molar-refractivity contribution in [2.24, 2.45) is 5.41 Å². The van der Waals surface area contributed by atoms with Gasteiger partial charge in [0.1, 0.15) is 17.8 Å². The predicted molar refractivity (Wildman–Crippen MR) is 107 cm³/mol. The lowest BCUT2D eigenvalue weighted by molar-refractivity contribution is -0.194. The molecule has 31 heavy (non-hydrogen) atoms. The van der Waals surface area contributed by atoms with Crippen LogP contribution in [0.1, 0.15) is 25.5 Å². The zero-order valence-electron chi connectivity index (χ0n) is 16.9. The highest BCUT2D eigenvalue weighted by atomic mass is 32.2. The summed E-state index contributed by atoms with van der Waals surface area (Å²) >= 11 is 0. The number of alkyl halides is 3. The Morgan fingerprint density at radius 3 is 2.48 bits per heavy atom. The molecule has 0 aromatic heterocycles. The largest absolute Gasteiger partial charge is 0.492 e. The smallest absolute Gasteiger partial charge is 0.397 e. The van der Waals surface area contributed by atoms with Crippen LogP contribution in [0.5, 0.6) is 5.75 Å². The van der Waals surface area contributed by atoms with E-state index in [-0.39, 0.29) is 35.1 Å². The quantitative estimate of drug-likeness (QED) is 0.546. The number of halogens is 3. The third-order valence-corrected chi connectivity index (χ3v) is 7.53. The molecule has 2 aliphatic heterocycles. The van der Waals surface area contributed by atoms with E-state index in [1.54, 1.807) is 19.1 Å². The molecule has 10 heteroatoms. The molecule has 0 bridgehead atoms. The molecule has 1 aromatic rings. The first kappa shape index (κ1) is 21.5. The number of sulfone groups is 1. The first-order chi connectivity index (χ1) is 14.5. The van der Waals surface area contributed by atoms with Gasteiger partial charge in [-0.05, 0) is 55.7 Å². The van der Waals surface area contributed by atoms with Crippen LogP contribution >= 0.6 is 0 Å². The van der Waals surface area contributed by atoms with Gasteiger partial charge < -0.3 is 9.94 Å². The molecule has 0 saturated heterocycles. The van der Waals surface area contributed by atoms with Crippen molar-refractivity contribution in [2.75, 3.05) is 12.4 Å². The van der Waals surface area contributed by atoms with Gasteiger partial charge in [-0.15, -0.1) is 0 Å². The van der Waals surface area contributed by atoms with Crippen LogP contribution in [0, 0.1) is 12.3 Å². The number of rotatable bonds is 6. The second kappa shape index (κ2) is 7.15. The summed E-state index contributed by atoms with van der Waals surface area (Å²) in [5.74, 6) is 0.267. The zero-order chi connectivity index (χ0) is 22.6. The molecule has 6 nitrogen and oxygen atoms in total. The highest BCUT2D eigenvalue weighted by Crippen LogP contribution is 2.57. The second-order valence-electron chi connectivity index (χ2n) is 7.82. The van der Waals surface area contributed by atoms with Gasteiger partial charge in [0, 0.05) is 17.3 Å². The highest BCUT2D eigenvalue weighted by molar-refractivity contribution is 7.91. The maximum absolute atomic E-state index is 13.4. The van der Waals surface area contributed by atoms with Crippen LogP contribution in [0.2, 0.25) is 0 Å². The molecule has 1 aliphatic carbocycles. The monoisotopic (exact) mass is 454 g/mol. The molecule has 0 amide bonds. The standard InChI is InChI=1S/C21H21F3N2O4S/c1-3-31(28,29)14-4-5-18(30-12-20(7-8-20)21(22,23)24)17(11-14)16-10-13(2)26(27)19-15(16)6-9-25-19/h4-6,9-11,27H,3,7-8,12H2,1-2H3. The number of aryl methyl sites for hydroxylation is 1. The van der Waals surface area contributed by atoms with Crippen LogP contribution in [0.4, 0.5) is 13.2 Å². The van der Waals surface area contributed by atoms with Crippen molar-refractivity contribution in [3.63, 3.8) is 0 Å². The molecule has 0 spiro atoms. The molecule has 1 aromatic carbocycles. The molecule has 0 unspecified atom stereocenters. The van der Waals surface area contributed by atoms with Crippen molar-refractivity contribution in [3.8, 4) is 28.3 Å². The first-order valence-electron chi connectivity index (χ1n) is 9.72. The summed E-state index contributed by atoms with van der Waals surface area (Å²) in [6, 6.07) is 7.39. The van der Waals surface area contributed by atoms with Crippen LogP contribution in [-0.4, -0.2) is 41.9 Å². The number of aromatic nitrogens is 2. The average Bonchev–Trinajstić information content (AvgIpc) is 3.37. The van der Waals surface area contributed by atoms with E-state index in [9.17, 15) is 26.8 Å². The van der Waals surface area contributed by atoms with Crippen molar-refractivity contribution in [2.45, 2.75) is 37.8 Å². The van der Waals surface area contributed by atoms with Crippen LogP contribution in [-0.2, 0) is 9.84 Å². The first-order valence-corrected chi connectivity index (χ1v) is 11.4. The summed E-state index contributed by atoms with van der Waals surface area (Å²) in [6.07, 6.45) is -2.89. The van der Waals surface area contributed by atoms with E-state index in [4.69, 9.17) is 4.74 Å². The van der Waals surface area contributed by atoms with Gasteiger partial charge >= 0.3 is 6.18 Å². The van der Waals surface area contributed by atoms with Gasteiger partial charge in [-0.3, -0.25) is 0 Å². The zero-order valence-corrected chi connectivity index (χ0v) is 17.7. The number of fused-ring (bicyclic) bond motifs is 1. The molecular weight excluding hydrogens is 433 g/mol. The third-order valence-electron chi connectivity index (χ3n) is 5.80. The van der Waals surface area contributed by atoms with Crippen molar-refractivity contribution in [3.05, 3.63) is 42.2 Å².